The number of hydrogen-bond acceptors (Lipinski definition) is 4. The molecule has 0 spiro atoms. The minimum absolute atomic E-state index is 0.0819. The van der Waals surface area contributed by atoms with Crippen molar-refractivity contribution in [3.05, 3.63) is 35.4 Å². The van der Waals surface area contributed by atoms with Crippen molar-refractivity contribution in [2.24, 2.45) is 5.92 Å². The van der Waals surface area contributed by atoms with Crippen LogP contribution in [0.25, 0.3) is 0 Å². The summed E-state index contributed by atoms with van der Waals surface area (Å²) in [4.78, 5) is 15.1. The third kappa shape index (κ3) is 3.21. The Bertz CT molecular complexity index is 581. The highest BCUT2D eigenvalue weighted by molar-refractivity contribution is 5.80. The van der Waals surface area contributed by atoms with Crippen molar-refractivity contribution in [2.45, 2.75) is 43.9 Å². The number of fused-ring (bicyclic) bond motifs is 2. The maximum atomic E-state index is 12.6. The number of benzene rings is 1. The summed E-state index contributed by atoms with van der Waals surface area (Å²) in [5.74, 6) is 0.280. The summed E-state index contributed by atoms with van der Waals surface area (Å²) in [7, 11) is 0. The van der Waals surface area contributed by atoms with Gasteiger partial charge < -0.3 is 15.2 Å². The van der Waals surface area contributed by atoms with Gasteiger partial charge in [0.2, 0.25) is 5.91 Å². The third-order valence-electron chi connectivity index (χ3n) is 5.71. The molecule has 5 heteroatoms. The number of carbonyl (C=O) groups is 1. The Labute approximate surface area is 143 Å². The highest BCUT2D eigenvalue weighted by Crippen LogP contribution is 2.28. The topological polar surface area (TPSA) is 61.8 Å². The van der Waals surface area contributed by atoms with Gasteiger partial charge in [0.05, 0.1) is 12.7 Å². The second kappa shape index (κ2) is 6.82. The van der Waals surface area contributed by atoms with Crippen molar-refractivity contribution in [1.82, 2.24) is 10.2 Å². The molecule has 1 amide bonds. The van der Waals surface area contributed by atoms with E-state index in [0.29, 0.717) is 19.1 Å². The van der Waals surface area contributed by atoms with Crippen molar-refractivity contribution in [1.29, 1.82) is 0 Å². The molecule has 1 aliphatic carbocycles. The smallest absolute Gasteiger partial charge is 0.224 e. The fourth-order valence-electron chi connectivity index (χ4n) is 4.43. The average molecular weight is 330 g/mol. The van der Waals surface area contributed by atoms with E-state index in [0.717, 1.165) is 32.4 Å². The van der Waals surface area contributed by atoms with E-state index in [9.17, 15) is 4.79 Å². The number of nitrogens with one attached hydrogen (secondary N) is 1. The fourth-order valence-corrected chi connectivity index (χ4v) is 4.43. The lowest BCUT2D eigenvalue weighted by molar-refractivity contribution is -0.125. The zero-order valence-corrected chi connectivity index (χ0v) is 14.0. The van der Waals surface area contributed by atoms with Crippen molar-refractivity contribution >= 4 is 5.91 Å². The predicted molar refractivity (Wildman–Crippen MR) is 90.7 cm³/mol. The van der Waals surface area contributed by atoms with E-state index < -0.39 is 0 Å². The molecule has 0 aromatic heterocycles. The molecule has 0 radical (unpaired) electrons. The zero-order chi connectivity index (χ0) is 16.5. The van der Waals surface area contributed by atoms with Crippen LogP contribution in [-0.2, 0) is 22.4 Å². The normalized spacial score (nSPS) is 30.1. The first kappa shape index (κ1) is 16.1. The Kier molecular flexibility index (Phi) is 4.57. The zero-order valence-electron chi connectivity index (χ0n) is 14.0. The van der Waals surface area contributed by atoms with Crippen LogP contribution in [0, 0.1) is 5.92 Å². The Morgan fingerprint density at radius 1 is 1.25 bits per heavy atom. The van der Waals surface area contributed by atoms with Crippen LogP contribution in [-0.4, -0.2) is 60.4 Å². The van der Waals surface area contributed by atoms with Gasteiger partial charge in [-0.05, 0) is 36.8 Å². The van der Waals surface area contributed by atoms with Gasteiger partial charge in [0, 0.05) is 37.7 Å². The molecule has 1 aromatic carbocycles. The first-order valence-electron chi connectivity index (χ1n) is 9.06. The molecule has 2 aliphatic heterocycles. The number of rotatable bonds is 4. The lowest BCUT2D eigenvalue weighted by Crippen LogP contribution is -2.46. The molecule has 2 saturated heterocycles. The molecule has 2 fully saturated rings. The molecule has 1 aromatic rings. The summed E-state index contributed by atoms with van der Waals surface area (Å²) >= 11 is 0. The fraction of sp³-hybridized carbons (Fsp3) is 0.632. The number of amides is 1. The van der Waals surface area contributed by atoms with Gasteiger partial charge in [-0.25, -0.2) is 0 Å². The van der Waals surface area contributed by atoms with E-state index >= 15 is 0 Å². The Balaban J connectivity index is 1.30. The third-order valence-corrected chi connectivity index (χ3v) is 5.71. The van der Waals surface area contributed by atoms with Crippen LogP contribution in [0.1, 0.15) is 24.0 Å². The Morgan fingerprint density at radius 2 is 2.00 bits per heavy atom. The van der Waals surface area contributed by atoms with E-state index in [1.807, 2.05) is 0 Å². The minimum Gasteiger partial charge on any atom is -0.396 e. The molecule has 4 rings (SSSR count). The van der Waals surface area contributed by atoms with Crippen LogP contribution in [0.5, 0.6) is 0 Å². The summed E-state index contributed by atoms with van der Waals surface area (Å²) < 4.78 is 5.81. The van der Waals surface area contributed by atoms with Gasteiger partial charge in [-0.15, -0.1) is 0 Å². The molecule has 2 N–H and O–H groups in total. The molecule has 3 aliphatic rings. The molecule has 5 nitrogen and oxygen atoms in total. The Hall–Kier alpha value is -1.43. The second-order valence-corrected chi connectivity index (χ2v) is 7.39. The first-order chi connectivity index (χ1) is 11.7. The van der Waals surface area contributed by atoms with E-state index in [-0.39, 0.29) is 30.6 Å². The standard InChI is InChI=1S/C19H26N2O3/c22-6-5-18-11-21-10-16(9-17(21)12-24-18)20-19(23)15-7-13-3-1-2-4-14(13)8-15/h1-4,15-18,22H,5-12H2,(H,20,23)/t16-,17-,18-/m0/s1. The number of carbonyl (C=O) groups excluding carboxylic acids is 1. The molecular formula is C19H26N2O3. The predicted octanol–water partition coefficient (Wildman–Crippen LogP) is 0.742. The minimum atomic E-state index is 0.0819. The van der Waals surface area contributed by atoms with Crippen LogP contribution >= 0.6 is 0 Å². The number of morpholine rings is 1. The molecule has 0 saturated carbocycles. The lowest BCUT2D eigenvalue weighted by atomic mass is 10.0. The monoisotopic (exact) mass is 330 g/mol. The van der Waals surface area contributed by atoms with E-state index in [2.05, 4.69) is 34.5 Å². The molecule has 3 atom stereocenters. The summed E-state index contributed by atoms with van der Waals surface area (Å²) in [6.07, 6.45) is 3.52. The van der Waals surface area contributed by atoms with Crippen LogP contribution in [0.3, 0.4) is 0 Å². The highest BCUT2D eigenvalue weighted by atomic mass is 16.5. The van der Waals surface area contributed by atoms with Crippen LogP contribution in [0.2, 0.25) is 0 Å². The number of hydrogen-bond donors (Lipinski definition) is 2. The van der Waals surface area contributed by atoms with Gasteiger partial charge in [0.25, 0.3) is 0 Å². The average Bonchev–Trinajstić information content (AvgIpc) is 3.17. The van der Waals surface area contributed by atoms with Gasteiger partial charge >= 0.3 is 0 Å². The van der Waals surface area contributed by atoms with E-state index in [1.54, 1.807) is 0 Å². The van der Waals surface area contributed by atoms with Gasteiger partial charge in [-0.3, -0.25) is 9.69 Å². The van der Waals surface area contributed by atoms with Gasteiger partial charge in [0.1, 0.15) is 0 Å². The number of aliphatic hydroxyl groups excluding tert-OH is 1. The van der Waals surface area contributed by atoms with Gasteiger partial charge in [-0.1, -0.05) is 24.3 Å². The number of aliphatic hydroxyl groups is 1. The van der Waals surface area contributed by atoms with Gasteiger partial charge in [-0.2, -0.15) is 0 Å². The summed E-state index contributed by atoms with van der Waals surface area (Å²) in [5.41, 5.74) is 2.64. The van der Waals surface area contributed by atoms with Crippen molar-refractivity contribution in [3.63, 3.8) is 0 Å². The molecule has 0 bridgehead atoms. The van der Waals surface area contributed by atoms with E-state index in [4.69, 9.17) is 9.84 Å². The molecule has 24 heavy (non-hydrogen) atoms. The van der Waals surface area contributed by atoms with E-state index in [1.165, 1.54) is 11.1 Å². The molecular weight excluding hydrogens is 304 g/mol. The van der Waals surface area contributed by atoms with Crippen molar-refractivity contribution in [2.75, 3.05) is 26.3 Å². The Morgan fingerprint density at radius 3 is 2.71 bits per heavy atom. The van der Waals surface area contributed by atoms with Crippen LogP contribution < -0.4 is 5.32 Å². The van der Waals surface area contributed by atoms with Crippen LogP contribution in [0.4, 0.5) is 0 Å². The summed E-state index contributed by atoms with van der Waals surface area (Å²) in [5, 5.41) is 12.3. The molecule has 2 heterocycles. The van der Waals surface area contributed by atoms with Crippen LogP contribution in [0.15, 0.2) is 24.3 Å². The SMILES string of the molecule is O=C(N[C@H]1C[C@H]2CO[C@@H](CCO)CN2C1)C1Cc2ccccc2C1. The largest absolute Gasteiger partial charge is 0.396 e. The molecule has 0 unspecified atom stereocenters. The number of nitrogens with zero attached hydrogens (tertiary/aromatic N) is 1. The second-order valence-electron chi connectivity index (χ2n) is 7.39. The number of ether oxygens (including phenoxy) is 1. The summed E-state index contributed by atoms with van der Waals surface area (Å²) in [6.45, 7) is 2.66. The summed E-state index contributed by atoms with van der Waals surface area (Å²) in [6, 6.07) is 9.01. The maximum Gasteiger partial charge on any atom is 0.224 e. The lowest BCUT2D eigenvalue weighted by Gasteiger charge is -2.34. The maximum absolute atomic E-state index is 12.6. The quantitative estimate of drug-likeness (QED) is 0.855. The first-order valence-corrected chi connectivity index (χ1v) is 9.06. The molecule has 130 valence electrons. The van der Waals surface area contributed by atoms with Crippen molar-refractivity contribution < 1.29 is 14.6 Å². The van der Waals surface area contributed by atoms with Gasteiger partial charge in [0.15, 0.2) is 0 Å². The van der Waals surface area contributed by atoms with Crippen molar-refractivity contribution in [3.8, 4) is 0 Å². The highest BCUT2D eigenvalue weighted by Gasteiger charge is 2.38.